The van der Waals surface area contributed by atoms with Crippen molar-refractivity contribution in [1.82, 2.24) is 19.6 Å². The van der Waals surface area contributed by atoms with Crippen molar-refractivity contribution in [3.8, 4) is 22.6 Å². The molecule has 4 aromatic rings. The summed E-state index contributed by atoms with van der Waals surface area (Å²) in [5.41, 5.74) is 5.03. The van der Waals surface area contributed by atoms with Crippen molar-refractivity contribution in [2.24, 2.45) is 0 Å². The standard InChI is InChI=1S/C22H18FN5O2/c1-12-4-13(7-24-6-12)15-5-19-22(28-11-26-27-21(15)28)25-8-16-17(23)2-3-18-20(16)14(9-29-18)10-30-19/h2-7,11,14,25H,8-10H2,1H3/t14-/m1/s1. The molecule has 0 saturated carbocycles. The third kappa shape index (κ3) is 2.53. The highest BCUT2D eigenvalue weighted by Gasteiger charge is 2.31. The number of nitrogens with zero attached hydrogens (tertiary/aromatic N) is 4. The van der Waals surface area contributed by atoms with Crippen LogP contribution in [0.3, 0.4) is 0 Å². The third-order valence-electron chi connectivity index (χ3n) is 5.71. The summed E-state index contributed by atoms with van der Waals surface area (Å²) in [6, 6.07) is 7.15. The van der Waals surface area contributed by atoms with Gasteiger partial charge in [0.1, 0.15) is 17.9 Å². The number of fused-ring (bicyclic) bond motifs is 3. The minimum atomic E-state index is -0.248. The highest BCUT2D eigenvalue weighted by molar-refractivity contribution is 5.81. The van der Waals surface area contributed by atoms with E-state index in [9.17, 15) is 4.39 Å². The van der Waals surface area contributed by atoms with Crippen LogP contribution < -0.4 is 14.8 Å². The highest BCUT2D eigenvalue weighted by Crippen LogP contribution is 2.41. The zero-order chi connectivity index (χ0) is 20.2. The van der Waals surface area contributed by atoms with Gasteiger partial charge >= 0.3 is 0 Å². The lowest BCUT2D eigenvalue weighted by atomic mass is 9.96. The van der Waals surface area contributed by atoms with Gasteiger partial charge in [-0.1, -0.05) is 0 Å². The molecule has 0 radical (unpaired) electrons. The van der Waals surface area contributed by atoms with Crippen LogP contribution in [0.4, 0.5) is 10.2 Å². The number of aromatic nitrogens is 4. The Bertz CT molecular complexity index is 1300. The van der Waals surface area contributed by atoms with E-state index < -0.39 is 0 Å². The second kappa shape index (κ2) is 6.41. The molecule has 0 fully saturated rings. The van der Waals surface area contributed by atoms with Crippen LogP contribution >= 0.6 is 0 Å². The molecule has 7 nitrogen and oxygen atoms in total. The number of pyridine rings is 2. The molecule has 0 saturated heterocycles. The third-order valence-corrected chi connectivity index (χ3v) is 5.71. The number of hydrogen-bond acceptors (Lipinski definition) is 6. The molecule has 1 aromatic carbocycles. The van der Waals surface area contributed by atoms with Gasteiger partial charge < -0.3 is 14.8 Å². The summed E-state index contributed by atoms with van der Waals surface area (Å²) in [4.78, 5) is 4.31. The summed E-state index contributed by atoms with van der Waals surface area (Å²) in [7, 11) is 0. The predicted octanol–water partition coefficient (Wildman–Crippen LogP) is 3.72. The number of aryl methyl sites for hydroxylation is 1. The second-order valence-electron chi connectivity index (χ2n) is 7.66. The van der Waals surface area contributed by atoms with E-state index in [4.69, 9.17) is 9.47 Å². The van der Waals surface area contributed by atoms with Crippen LogP contribution in [0.2, 0.25) is 0 Å². The van der Waals surface area contributed by atoms with E-state index in [-0.39, 0.29) is 11.7 Å². The molecule has 0 aliphatic carbocycles. The van der Waals surface area contributed by atoms with Crippen LogP contribution in [0.15, 0.2) is 43.0 Å². The molecule has 0 unspecified atom stereocenters. The van der Waals surface area contributed by atoms with Crippen molar-refractivity contribution >= 4 is 11.5 Å². The summed E-state index contributed by atoms with van der Waals surface area (Å²) < 4.78 is 28.5. The topological polar surface area (TPSA) is 73.6 Å². The lowest BCUT2D eigenvalue weighted by Crippen LogP contribution is -2.13. The second-order valence-corrected chi connectivity index (χ2v) is 7.66. The number of nitrogens with one attached hydrogen (secondary N) is 1. The Morgan fingerprint density at radius 3 is 2.87 bits per heavy atom. The van der Waals surface area contributed by atoms with Crippen LogP contribution in [0.25, 0.3) is 16.8 Å². The molecular weight excluding hydrogens is 385 g/mol. The molecule has 1 atom stereocenters. The Morgan fingerprint density at radius 1 is 1.13 bits per heavy atom. The molecule has 3 aromatic heterocycles. The van der Waals surface area contributed by atoms with Crippen molar-refractivity contribution < 1.29 is 13.9 Å². The first kappa shape index (κ1) is 17.2. The maximum atomic E-state index is 14.7. The van der Waals surface area contributed by atoms with Gasteiger partial charge in [-0.15, -0.1) is 10.2 Å². The molecule has 2 aliphatic rings. The fourth-order valence-corrected chi connectivity index (χ4v) is 4.30. The summed E-state index contributed by atoms with van der Waals surface area (Å²) in [5.74, 6) is 1.80. The normalized spacial score (nSPS) is 17.1. The molecule has 8 heteroatoms. The molecule has 30 heavy (non-hydrogen) atoms. The van der Waals surface area contributed by atoms with Gasteiger partial charge in [0, 0.05) is 41.2 Å². The van der Waals surface area contributed by atoms with Gasteiger partial charge in [-0.25, -0.2) is 4.39 Å². The quantitative estimate of drug-likeness (QED) is 0.522. The lowest BCUT2D eigenvalue weighted by molar-refractivity contribution is 0.249. The average Bonchev–Trinajstić information content (AvgIpc) is 3.39. The van der Waals surface area contributed by atoms with E-state index in [0.717, 1.165) is 28.0 Å². The minimum absolute atomic E-state index is 0.0286. The Morgan fingerprint density at radius 2 is 2.00 bits per heavy atom. The molecular formula is C22H18FN5O2. The lowest BCUT2D eigenvalue weighted by Gasteiger charge is -2.16. The fourth-order valence-electron chi connectivity index (χ4n) is 4.30. The maximum Gasteiger partial charge on any atom is 0.170 e. The fraction of sp³-hybridized carbons (Fsp3) is 0.227. The first-order valence-corrected chi connectivity index (χ1v) is 9.78. The highest BCUT2D eigenvalue weighted by atomic mass is 19.1. The molecule has 6 rings (SSSR count). The Labute approximate surface area is 171 Å². The van der Waals surface area contributed by atoms with Crippen molar-refractivity contribution in [2.45, 2.75) is 19.4 Å². The minimum Gasteiger partial charge on any atom is -0.493 e. The maximum absolute atomic E-state index is 14.7. The Hall–Kier alpha value is -3.68. The van der Waals surface area contributed by atoms with E-state index in [1.165, 1.54) is 6.07 Å². The molecule has 2 aliphatic heterocycles. The number of benzene rings is 1. The van der Waals surface area contributed by atoms with Gasteiger partial charge in [0.25, 0.3) is 0 Å². The van der Waals surface area contributed by atoms with Crippen LogP contribution in [-0.2, 0) is 6.54 Å². The van der Waals surface area contributed by atoms with Gasteiger partial charge in [0.05, 0.1) is 19.1 Å². The number of rotatable bonds is 1. The van der Waals surface area contributed by atoms with E-state index >= 15 is 0 Å². The number of ether oxygens (including phenoxy) is 2. The van der Waals surface area contributed by atoms with Crippen LogP contribution in [0.5, 0.6) is 11.5 Å². The van der Waals surface area contributed by atoms with Gasteiger partial charge in [-0.05, 0) is 36.8 Å². The molecule has 1 N–H and O–H groups in total. The SMILES string of the molecule is Cc1cncc(-c2cc3c(n4cnnc24)NCc2c(F)ccc4c2[C@H](CO4)CO3)c1. The van der Waals surface area contributed by atoms with Crippen LogP contribution in [0, 0.1) is 12.7 Å². The molecule has 0 bridgehead atoms. The average molecular weight is 403 g/mol. The number of hydrogen-bond donors (Lipinski definition) is 1. The summed E-state index contributed by atoms with van der Waals surface area (Å²) in [5, 5.41) is 11.8. The van der Waals surface area contributed by atoms with Gasteiger partial charge in [0.15, 0.2) is 17.2 Å². The summed E-state index contributed by atoms with van der Waals surface area (Å²) in [6.45, 7) is 3.17. The first-order chi connectivity index (χ1) is 14.7. The van der Waals surface area contributed by atoms with Gasteiger partial charge in [-0.3, -0.25) is 9.38 Å². The van der Waals surface area contributed by atoms with Gasteiger partial charge in [0.2, 0.25) is 0 Å². The molecule has 150 valence electrons. The van der Waals surface area contributed by atoms with Crippen molar-refractivity contribution in [2.75, 3.05) is 18.5 Å². The summed E-state index contributed by atoms with van der Waals surface area (Å²) >= 11 is 0. The van der Waals surface area contributed by atoms with E-state index in [1.807, 2.05) is 29.7 Å². The smallest absolute Gasteiger partial charge is 0.170 e. The predicted molar refractivity (Wildman–Crippen MR) is 108 cm³/mol. The molecule has 0 amide bonds. The Kier molecular flexibility index (Phi) is 3.68. The van der Waals surface area contributed by atoms with E-state index in [1.54, 1.807) is 18.6 Å². The Balaban J connectivity index is 1.52. The van der Waals surface area contributed by atoms with E-state index in [0.29, 0.717) is 42.5 Å². The number of anilines is 1. The van der Waals surface area contributed by atoms with Crippen molar-refractivity contribution in [3.05, 3.63) is 65.5 Å². The largest absolute Gasteiger partial charge is 0.493 e. The van der Waals surface area contributed by atoms with E-state index in [2.05, 4.69) is 20.5 Å². The van der Waals surface area contributed by atoms with Crippen LogP contribution in [-0.4, -0.2) is 32.8 Å². The number of halogens is 1. The zero-order valence-corrected chi connectivity index (χ0v) is 16.2. The van der Waals surface area contributed by atoms with Crippen molar-refractivity contribution in [1.29, 1.82) is 0 Å². The molecule has 5 heterocycles. The van der Waals surface area contributed by atoms with Gasteiger partial charge in [-0.2, -0.15) is 0 Å². The van der Waals surface area contributed by atoms with Crippen LogP contribution in [0.1, 0.15) is 22.6 Å². The first-order valence-electron chi connectivity index (χ1n) is 9.78. The zero-order valence-electron chi connectivity index (χ0n) is 16.2. The summed E-state index contributed by atoms with van der Waals surface area (Å²) in [6.07, 6.45) is 5.24. The molecule has 0 spiro atoms. The van der Waals surface area contributed by atoms with Crippen molar-refractivity contribution in [3.63, 3.8) is 0 Å². The monoisotopic (exact) mass is 403 g/mol.